The molecule has 5 atom stereocenters. The number of hydrogen-bond donors (Lipinski definition) is 1. The van der Waals surface area contributed by atoms with Gasteiger partial charge < -0.3 is 14.6 Å². The summed E-state index contributed by atoms with van der Waals surface area (Å²) in [5.41, 5.74) is 0.384. The van der Waals surface area contributed by atoms with Gasteiger partial charge in [0.2, 0.25) is 6.29 Å². The summed E-state index contributed by atoms with van der Waals surface area (Å²) in [5.74, 6) is 0.346. The summed E-state index contributed by atoms with van der Waals surface area (Å²) >= 11 is 0. The lowest BCUT2D eigenvalue weighted by atomic mass is 9.68. The van der Waals surface area contributed by atoms with Gasteiger partial charge in [0.1, 0.15) is 0 Å². The Bertz CT molecular complexity index is 365. The van der Waals surface area contributed by atoms with Crippen molar-refractivity contribution in [3.8, 4) is 0 Å². The zero-order valence-electron chi connectivity index (χ0n) is 12.5. The fraction of sp³-hybridized carbons (Fsp3) is 0.812. The van der Waals surface area contributed by atoms with E-state index in [1.807, 2.05) is 0 Å². The molecule has 0 aliphatic heterocycles. The van der Waals surface area contributed by atoms with Gasteiger partial charge in [-0.25, -0.2) is 4.79 Å². The van der Waals surface area contributed by atoms with Crippen LogP contribution in [0, 0.1) is 11.8 Å². The maximum atomic E-state index is 11.5. The number of aliphatic hydroxyl groups is 1. The first kappa shape index (κ1) is 15.5. The zero-order chi connectivity index (χ0) is 14.7. The summed E-state index contributed by atoms with van der Waals surface area (Å²) in [6.07, 6.45) is 5.58. The highest BCUT2D eigenvalue weighted by Gasteiger charge is 2.40. The molecule has 2 aliphatic carbocycles. The second kappa shape index (κ2) is 6.72. The molecule has 0 saturated heterocycles. The van der Waals surface area contributed by atoms with Crippen LogP contribution in [0.25, 0.3) is 0 Å². The second-order valence-corrected chi connectivity index (χ2v) is 6.18. The van der Waals surface area contributed by atoms with Crippen LogP contribution >= 0.6 is 0 Å². The summed E-state index contributed by atoms with van der Waals surface area (Å²) in [5, 5.41) is 10.1. The maximum absolute atomic E-state index is 11.5. The Kier molecular flexibility index (Phi) is 5.22. The first-order chi connectivity index (χ1) is 9.49. The molecule has 2 aliphatic rings. The molecule has 4 nitrogen and oxygen atoms in total. The Labute approximate surface area is 121 Å². The monoisotopic (exact) mass is 282 g/mol. The van der Waals surface area contributed by atoms with Gasteiger partial charge in [0.05, 0.1) is 12.2 Å². The van der Waals surface area contributed by atoms with E-state index in [9.17, 15) is 9.90 Å². The molecule has 0 aromatic carbocycles. The molecule has 2 fully saturated rings. The van der Waals surface area contributed by atoms with Gasteiger partial charge in [-0.2, -0.15) is 0 Å². The third kappa shape index (κ3) is 3.61. The average Bonchev–Trinajstić information content (AvgIpc) is 2.39. The Balaban J connectivity index is 1.91. The van der Waals surface area contributed by atoms with Crippen molar-refractivity contribution in [2.45, 2.75) is 70.9 Å². The summed E-state index contributed by atoms with van der Waals surface area (Å²) in [6.45, 7) is 6.95. The van der Waals surface area contributed by atoms with Gasteiger partial charge in [-0.15, -0.1) is 0 Å². The highest BCUT2D eigenvalue weighted by atomic mass is 16.7. The van der Waals surface area contributed by atoms with Crippen molar-refractivity contribution in [3.63, 3.8) is 0 Å². The molecule has 2 rings (SSSR count). The first-order valence-electron chi connectivity index (χ1n) is 7.69. The first-order valence-corrected chi connectivity index (χ1v) is 7.69. The Hall–Kier alpha value is -0.870. The molecular weight excluding hydrogens is 256 g/mol. The number of aliphatic hydroxyl groups excluding tert-OH is 1. The molecule has 114 valence electrons. The lowest BCUT2D eigenvalue weighted by Gasteiger charge is -2.44. The predicted octanol–water partition coefficient (Wildman–Crippen LogP) is 2.80. The number of hydrogen-bond acceptors (Lipinski definition) is 4. The molecule has 0 heterocycles. The van der Waals surface area contributed by atoms with E-state index in [-0.39, 0.29) is 12.2 Å². The molecule has 2 saturated carbocycles. The van der Waals surface area contributed by atoms with Gasteiger partial charge in [0.25, 0.3) is 0 Å². The third-order valence-electron chi connectivity index (χ3n) is 4.57. The Morgan fingerprint density at radius 1 is 1.20 bits per heavy atom. The summed E-state index contributed by atoms with van der Waals surface area (Å²) in [7, 11) is 0. The molecule has 20 heavy (non-hydrogen) atoms. The van der Waals surface area contributed by atoms with Crippen LogP contribution in [0.15, 0.2) is 12.2 Å². The van der Waals surface area contributed by atoms with E-state index in [2.05, 4.69) is 6.58 Å². The maximum Gasteiger partial charge on any atom is 0.335 e. The number of carbonyl (C=O) groups excluding carboxylic acids is 1. The standard InChI is InChI=1S/C16H26O4/c1-10(2)16(18)20-11(3)19-15-9-5-6-12-13(15)7-4-8-14(12)17/h11-15,17H,1,4-9H2,2-3H3. The highest BCUT2D eigenvalue weighted by molar-refractivity contribution is 5.86. The average molecular weight is 282 g/mol. The summed E-state index contributed by atoms with van der Waals surface area (Å²) in [6, 6.07) is 0. The minimum Gasteiger partial charge on any atom is -0.433 e. The van der Waals surface area contributed by atoms with Crippen LogP contribution in [0.4, 0.5) is 0 Å². The third-order valence-corrected chi connectivity index (χ3v) is 4.57. The van der Waals surface area contributed by atoms with Crippen molar-refractivity contribution in [3.05, 3.63) is 12.2 Å². The van der Waals surface area contributed by atoms with E-state index in [1.165, 1.54) is 0 Å². The predicted molar refractivity (Wildman–Crippen MR) is 75.9 cm³/mol. The molecular formula is C16H26O4. The molecule has 5 unspecified atom stereocenters. The molecule has 0 aromatic rings. The SMILES string of the molecule is C=C(C)C(=O)OC(C)OC1CCCC2C(O)CCCC12. The number of rotatable bonds is 4. The van der Waals surface area contributed by atoms with Crippen LogP contribution in [0.2, 0.25) is 0 Å². The Morgan fingerprint density at radius 3 is 2.55 bits per heavy atom. The fourth-order valence-corrected chi connectivity index (χ4v) is 3.61. The quantitative estimate of drug-likeness (QED) is 0.489. The zero-order valence-corrected chi connectivity index (χ0v) is 12.5. The van der Waals surface area contributed by atoms with Crippen molar-refractivity contribution in [2.75, 3.05) is 0 Å². The van der Waals surface area contributed by atoms with Crippen molar-refractivity contribution < 1.29 is 19.4 Å². The lowest BCUT2D eigenvalue weighted by Crippen LogP contribution is -2.44. The van der Waals surface area contributed by atoms with Crippen LogP contribution in [0.5, 0.6) is 0 Å². The fourth-order valence-electron chi connectivity index (χ4n) is 3.61. The van der Waals surface area contributed by atoms with Crippen LogP contribution < -0.4 is 0 Å². The van der Waals surface area contributed by atoms with Gasteiger partial charge in [-0.3, -0.25) is 0 Å². The molecule has 0 spiro atoms. The van der Waals surface area contributed by atoms with Crippen molar-refractivity contribution >= 4 is 5.97 Å². The second-order valence-electron chi connectivity index (χ2n) is 6.18. The van der Waals surface area contributed by atoms with Crippen LogP contribution in [-0.2, 0) is 14.3 Å². The van der Waals surface area contributed by atoms with E-state index >= 15 is 0 Å². The Morgan fingerprint density at radius 2 is 1.85 bits per heavy atom. The smallest absolute Gasteiger partial charge is 0.335 e. The molecule has 1 N–H and O–H groups in total. The van der Waals surface area contributed by atoms with E-state index in [0.29, 0.717) is 17.4 Å². The molecule has 0 radical (unpaired) electrons. The van der Waals surface area contributed by atoms with E-state index in [1.54, 1.807) is 13.8 Å². The molecule has 0 amide bonds. The molecule has 0 aromatic heterocycles. The van der Waals surface area contributed by atoms with Crippen molar-refractivity contribution in [2.24, 2.45) is 11.8 Å². The van der Waals surface area contributed by atoms with Gasteiger partial charge in [0.15, 0.2) is 0 Å². The van der Waals surface area contributed by atoms with Crippen molar-refractivity contribution in [1.82, 2.24) is 0 Å². The minimum absolute atomic E-state index is 0.0941. The minimum atomic E-state index is -0.554. The highest BCUT2D eigenvalue weighted by Crippen LogP contribution is 2.42. The van der Waals surface area contributed by atoms with Crippen LogP contribution in [0.1, 0.15) is 52.4 Å². The van der Waals surface area contributed by atoms with Crippen LogP contribution in [-0.4, -0.2) is 29.6 Å². The van der Waals surface area contributed by atoms with Gasteiger partial charge in [-0.05, 0) is 51.4 Å². The summed E-state index contributed by atoms with van der Waals surface area (Å²) in [4.78, 5) is 11.5. The number of fused-ring (bicyclic) bond motifs is 1. The van der Waals surface area contributed by atoms with Gasteiger partial charge in [0, 0.05) is 5.57 Å². The number of carbonyl (C=O) groups is 1. The van der Waals surface area contributed by atoms with Gasteiger partial charge in [-0.1, -0.05) is 19.4 Å². The largest absolute Gasteiger partial charge is 0.433 e. The summed E-state index contributed by atoms with van der Waals surface area (Å²) < 4.78 is 11.1. The van der Waals surface area contributed by atoms with Crippen molar-refractivity contribution in [1.29, 1.82) is 0 Å². The topological polar surface area (TPSA) is 55.8 Å². The molecule has 0 bridgehead atoms. The van der Waals surface area contributed by atoms with Gasteiger partial charge >= 0.3 is 5.97 Å². The normalized spacial score (nSPS) is 35.0. The van der Waals surface area contributed by atoms with E-state index in [0.717, 1.165) is 38.5 Å². The van der Waals surface area contributed by atoms with E-state index in [4.69, 9.17) is 9.47 Å². The van der Waals surface area contributed by atoms with Crippen LogP contribution in [0.3, 0.4) is 0 Å². The number of esters is 1. The molecule has 4 heteroatoms. The van der Waals surface area contributed by atoms with E-state index < -0.39 is 12.3 Å². The number of ether oxygens (including phenoxy) is 2. The lowest BCUT2D eigenvalue weighted by molar-refractivity contribution is -0.198.